The second kappa shape index (κ2) is 7.46. The molecular weight excluding hydrogens is 386 g/mol. The summed E-state index contributed by atoms with van der Waals surface area (Å²) in [7, 11) is 0. The molecule has 1 aromatic heterocycles. The lowest BCUT2D eigenvalue weighted by molar-refractivity contribution is -0.123. The lowest BCUT2D eigenvalue weighted by atomic mass is 9.48. The topological polar surface area (TPSA) is 71.1 Å². The molecule has 0 saturated heterocycles. The number of carbonyl (C=O) groups is 2. The van der Waals surface area contributed by atoms with E-state index in [1.807, 2.05) is 19.1 Å². The monoisotopic (exact) mass is 421 g/mol. The molecule has 1 aromatic rings. The number of rotatable bonds is 3. The van der Waals surface area contributed by atoms with Crippen LogP contribution in [0.5, 0.6) is 0 Å². The molecule has 5 nitrogen and oxygen atoms in total. The van der Waals surface area contributed by atoms with Crippen LogP contribution in [0, 0.1) is 41.4 Å². The number of amides is 2. The number of pyridine rings is 1. The van der Waals surface area contributed by atoms with Gasteiger partial charge in [0.2, 0.25) is 11.8 Å². The maximum Gasteiger partial charge on any atom is 0.243 e. The number of anilines is 1. The standard InChI is InChI=1S/C26H35N3O2/c1-16-5-4-14-27-24(16)29-23(31)15-17-6-8-19-18-7-9-21-26(3,13-11-22(30)28-21)20(18)10-12-25(17,19)2/h4-5,11,13-14,17-21H,6-10,12,15H2,1-3H3,(H,28,30)(H,27,29,31)/t17-,18+,19+,20+,21-,25-,26-/m1/s1. The van der Waals surface area contributed by atoms with E-state index in [0.29, 0.717) is 35.9 Å². The van der Waals surface area contributed by atoms with Gasteiger partial charge in [-0.2, -0.15) is 0 Å². The maximum atomic E-state index is 12.9. The molecule has 2 N–H and O–H groups in total. The van der Waals surface area contributed by atoms with Gasteiger partial charge in [0.1, 0.15) is 5.82 Å². The van der Waals surface area contributed by atoms with Crippen molar-refractivity contribution in [1.29, 1.82) is 0 Å². The zero-order chi connectivity index (χ0) is 21.8. The van der Waals surface area contributed by atoms with E-state index in [1.54, 1.807) is 12.3 Å². The van der Waals surface area contributed by atoms with Crippen molar-refractivity contribution >= 4 is 17.6 Å². The van der Waals surface area contributed by atoms with Gasteiger partial charge < -0.3 is 10.6 Å². The molecule has 1 aliphatic heterocycles. The summed E-state index contributed by atoms with van der Waals surface area (Å²) in [6.07, 6.45) is 13.3. The zero-order valence-electron chi connectivity index (χ0n) is 19.0. The Labute approximate surface area is 185 Å². The minimum atomic E-state index is 0.0664. The van der Waals surface area contributed by atoms with Gasteiger partial charge in [0.15, 0.2) is 0 Å². The Morgan fingerprint density at radius 3 is 2.84 bits per heavy atom. The summed E-state index contributed by atoms with van der Waals surface area (Å²) >= 11 is 0. The fourth-order valence-corrected chi connectivity index (χ4v) is 7.80. The fourth-order valence-electron chi connectivity index (χ4n) is 7.80. The molecule has 2 heterocycles. The van der Waals surface area contributed by atoms with Crippen LogP contribution in [0.4, 0.5) is 5.82 Å². The molecular formula is C26H35N3O2. The first-order valence-electron chi connectivity index (χ1n) is 12.0. The molecule has 4 aliphatic rings. The number of carbonyl (C=O) groups excluding carboxylic acids is 2. The van der Waals surface area contributed by atoms with Crippen LogP contribution in [-0.4, -0.2) is 22.8 Å². The van der Waals surface area contributed by atoms with Gasteiger partial charge in [-0.15, -0.1) is 0 Å². The van der Waals surface area contributed by atoms with Crippen LogP contribution in [0.3, 0.4) is 0 Å². The molecule has 5 rings (SSSR count). The molecule has 5 heteroatoms. The second-order valence-corrected chi connectivity index (χ2v) is 11.0. The SMILES string of the molecule is Cc1cccnc1NC(=O)C[C@H]1CC[C@H]2[C@@H]3CC[C@H]4NC(=O)C=C[C@]4(C)[C@H]3CC[C@]12C. The summed E-state index contributed by atoms with van der Waals surface area (Å²) in [6.45, 7) is 6.80. The largest absolute Gasteiger partial charge is 0.349 e. The van der Waals surface area contributed by atoms with Crippen molar-refractivity contribution in [3.05, 3.63) is 36.0 Å². The van der Waals surface area contributed by atoms with Gasteiger partial charge in [-0.3, -0.25) is 9.59 Å². The van der Waals surface area contributed by atoms with Gasteiger partial charge in [0.25, 0.3) is 0 Å². The van der Waals surface area contributed by atoms with Gasteiger partial charge in [0.05, 0.1) is 0 Å². The summed E-state index contributed by atoms with van der Waals surface area (Å²) in [5.41, 5.74) is 1.32. The summed E-state index contributed by atoms with van der Waals surface area (Å²) in [6, 6.07) is 4.16. The van der Waals surface area contributed by atoms with Gasteiger partial charge >= 0.3 is 0 Å². The summed E-state index contributed by atoms with van der Waals surface area (Å²) in [4.78, 5) is 29.1. The van der Waals surface area contributed by atoms with E-state index in [9.17, 15) is 9.59 Å². The van der Waals surface area contributed by atoms with Crippen LogP contribution in [0.15, 0.2) is 30.5 Å². The average Bonchev–Trinajstić information content (AvgIpc) is 3.06. The van der Waals surface area contributed by atoms with Crippen molar-refractivity contribution in [3.8, 4) is 0 Å². The molecule has 3 saturated carbocycles. The molecule has 0 aromatic carbocycles. The first-order valence-corrected chi connectivity index (χ1v) is 12.0. The van der Waals surface area contributed by atoms with Crippen molar-refractivity contribution in [2.45, 2.75) is 71.8 Å². The molecule has 0 unspecified atom stereocenters. The van der Waals surface area contributed by atoms with Crippen LogP contribution in [0.25, 0.3) is 0 Å². The summed E-state index contributed by atoms with van der Waals surface area (Å²) in [5.74, 6) is 3.31. The number of nitrogens with zero attached hydrogens (tertiary/aromatic N) is 1. The zero-order valence-corrected chi connectivity index (χ0v) is 19.0. The number of nitrogens with one attached hydrogen (secondary N) is 2. The molecule has 0 bridgehead atoms. The van der Waals surface area contributed by atoms with Gasteiger partial charge in [-0.25, -0.2) is 4.98 Å². The Morgan fingerprint density at radius 1 is 1.19 bits per heavy atom. The number of aromatic nitrogens is 1. The van der Waals surface area contributed by atoms with Crippen molar-refractivity contribution in [2.75, 3.05) is 5.32 Å². The van der Waals surface area contributed by atoms with E-state index >= 15 is 0 Å². The number of fused-ring (bicyclic) bond motifs is 5. The number of aryl methyl sites for hydroxylation is 1. The Morgan fingerprint density at radius 2 is 2.03 bits per heavy atom. The molecule has 0 radical (unpaired) electrons. The lowest BCUT2D eigenvalue weighted by Crippen LogP contribution is -2.59. The third-order valence-corrected chi connectivity index (χ3v) is 9.58. The van der Waals surface area contributed by atoms with E-state index in [1.165, 1.54) is 25.7 Å². The highest BCUT2D eigenvalue weighted by atomic mass is 16.2. The highest BCUT2D eigenvalue weighted by molar-refractivity contribution is 5.90. The minimum Gasteiger partial charge on any atom is -0.349 e. The maximum absolute atomic E-state index is 12.9. The van der Waals surface area contributed by atoms with E-state index in [-0.39, 0.29) is 28.7 Å². The van der Waals surface area contributed by atoms with Crippen molar-refractivity contribution in [1.82, 2.24) is 10.3 Å². The van der Waals surface area contributed by atoms with E-state index in [2.05, 4.69) is 35.5 Å². The van der Waals surface area contributed by atoms with Gasteiger partial charge in [0, 0.05) is 24.1 Å². The molecule has 166 valence electrons. The van der Waals surface area contributed by atoms with Crippen LogP contribution in [-0.2, 0) is 9.59 Å². The Bertz CT molecular complexity index is 927. The lowest BCUT2D eigenvalue weighted by Gasteiger charge is -2.59. The highest BCUT2D eigenvalue weighted by Crippen LogP contribution is 2.65. The van der Waals surface area contributed by atoms with Crippen LogP contribution in [0.2, 0.25) is 0 Å². The van der Waals surface area contributed by atoms with Crippen molar-refractivity contribution in [3.63, 3.8) is 0 Å². The van der Waals surface area contributed by atoms with Crippen LogP contribution < -0.4 is 10.6 Å². The molecule has 3 fully saturated rings. The van der Waals surface area contributed by atoms with Crippen LogP contribution >= 0.6 is 0 Å². The molecule has 0 spiro atoms. The summed E-state index contributed by atoms with van der Waals surface area (Å²) < 4.78 is 0. The Balaban J connectivity index is 1.31. The molecule has 2 amide bonds. The fraction of sp³-hybridized carbons (Fsp3) is 0.654. The Hall–Kier alpha value is -2.17. The third kappa shape index (κ3) is 3.32. The average molecular weight is 422 g/mol. The minimum absolute atomic E-state index is 0.0664. The predicted octanol–water partition coefficient (Wildman–Crippen LogP) is 4.63. The van der Waals surface area contributed by atoms with Crippen molar-refractivity contribution < 1.29 is 9.59 Å². The van der Waals surface area contributed by atoms with E-state index < -0.39 is 0 Å². The van der Waals surface area contributed by atoms with Crippen LogP contribution in [0.1, 0.15) is 64.4 Å². The number of hydrogen-bond donors (Lipinski definition) is 2. The van der Waals surface area contributed by atoms with E-state index in [4.69, 9.17) is 0 Å². The van der Waals surface area contributed by atoms with Gasteiger partial charge in [-0.1, -0.05) is 26.0 Å². The number of hydrogen-bond acceptors (Lipinski definition) is 3. The first kappa shape index (κ1) is 20.7. The van der Waals surface area contributed by atoms with Gasteiger partial charge in [-0.05, 0) is 92.2 Å². The molecule has 3 aliphatic carbocycles. The van der Waals surface area contributed by atoms with Crippen molar-refractivity contribution in [2.24, 2.45) is 34.5 Å². The second-order valence-electron chi connectivity index (χ2n) is 11.0. The predicted molar refractivity (Wildman–Crippen MR) is 121 cm³/mol. The normalized spacial score (nSPS) is 41.0. The molecule has 7 atom stereocenters. The first-order chi connectivity index (χ1) is 14.8. The summed E-state index contributed by atoms with van der Waals surface area (Å²) in [5, 5.41) is 6.29. The quantitative estimate of drug-likeness (QED) is 0.747. The third-order valence-electron chi connectivity index (χ3n) is 9.58. The highest BCUT2D eigenvalue weighted by Gasteiger charge is 2.59. The molecule has 31 heavy (non-hydrogen) atoms. The Kier molecular flexibility index (Phi) is 4.98. The van der Waals surface area contributed by atoms with E-state index in [0.717, 1.165) is 18.4 Å². The smallest absolute Gasteiger partial charge is 0.243 e.